The number of hydrogen-bond donors (Lipinski definition) is 0. The molecule has 1 aromatic heterocycles. The zero-order valence-electron chi connectivity index (χ0n) is 10.9. The summed E-state index contributed by atoms with van der Waals surface area (Å²) in [7, 11) is 1.30. The third kappa shape index (κ3) is 2.53. The molecule has 3 rings (SSSR count). The monoisotopic (exact) mass is 372 g/mol. The average molecular weight is 373 g/mol. The van der Waals surface area contributed by atoms with Gasteiger partial charge >= 0.3 is 5.97 Å². The number of rotatable bonds is 2. The smallest absolute Gasteiger partial charge is 0.311 e. The maximum absolute atomic E-state index is 13.4. The lowest BCUT2D eigenvalue weighted by molar-refractivity contribution is -0.145. The minimum absolute atomic E-state index is 0.109. The van der Waals surface area contributed by atoms with Crippen LogP contribution in [0.4, 0.5) is 9.52 Å². The van der Waals surface area contributed by atoms with Gasteiger partial charge in [0.15, 0.2) is 5.13 Å². The number of amides is 1. The first kappa shape index (κ1) is 14.4. The van der Waals surface area contributed by atoms with Gasteiger partial charge in [-0.25, -0.2) is 9.37 Å². The average Bonchev–Trinajstić information content (AvgIpc) is 3.01. The Hall–Kier alpha value is -1.54. The van der Waals surface area contributed by atoms with Crippen LogP contribution in [-0.2, 0) is 14.3 Å². The molecule has 0 spiro atoms. The number of fused-ring (bicyclic) bond motifs is 1. The number of hydrogen-bond acceptors (Lipinski definition) is 5. The highest BCUT2D eigenvalue weighted by Gasteiger charge is 2.37. The summed E-state index contributed by atoms with van der Waals surface area (Å²) in [5.74, 6) is -1.43. The molecule has 0 bridgehead atoms. The third-order valence-corrected chi connectivity index (χ3v) is 4.92. The Bertz CT molecular complexity index is 748. The van der Waals surface area contributed by atoms with Crippen molar-refractivity contribution in [2.75, 3.05) is 18.6 Å². The Morgan fingerprint density at radius 1 is 1.57 bits per heavy atom. The Morgan fingerprint density at radius 3 is 3.05 bits per heavy atom. The Morgan fingerprint density at radius 2 is 2.33 bits per heavy atom. The van der Waals surface area contributed by atoms with Crippen molar-refractivity contribution in [3.63, 3.8) is 0 Å². The number of carbonyl (C=O) groups is 2. The Balaban J connectivity index is 1.96. The van der Waals surface area contributed by atoms with Crippen LogP contribution in [0.25, 0.3) is 10.2 Å². The predicted molar refractivity (Wildman–Crippen MR) is 79.8 cm³/mol. The molecule has 1 saturated heterocycles. The summed E-state index contributed by atoms with van der Waals surface area (Å²) in [5.41, 5.74) is 0.603. The van der Waals surface area contributed by atoms with Gasteiger partial charge in [-0.3, -0.25) is 14.5 Å². The number of aromatic nitrogens is 1. The van der Waals surface area contributed by atoms with Crippen molar-refractivity contribution < 1.29 is 18.7 Å². The number of thiazole rings is 1. The molecule has 8 heteroatoms. The van der Waals surface area contributed by atoms with Gasteiger partial charge in [0.1, 0.15) is 5.82 Å². The van der Waals surface area contributed by atoms with Crippen LogP contribution >= 0.6 is 27.3 Å². The number of methoxy groups -OCH3 is 1. The molecule has 110 valence electrons. The lowest BCUT2D eigenvalue weighted by atomic mass is 10.1. The second kappa shape index (κ2) is 5.34. The van der Waals surface area contributed by atoms with Crippen LogP contribution in [0.3, 0.4) is 0 Å². The first-order valence-corrected chi connectivity index (χ1v) is 7.74. The summed E-state index contributed by atoms with van der Waals surface area (Å²) in [6.45, 7) is 0.241. The molecule has 1 aliphatic rings. The highest BCUT2D eigenvalue weighted by Crippen LogP contribution is 2.36. The van der Waals surface area contributed by atoms with Crippen LogP contribution in [-0.4, -0.2) is 30.5 Å². The summed E-state index contributed by atoms with van der Waals surface area (Å²) in [6, 6.07) is 2.70. The molecule has 21 heavy (non-hydrogen) atoms. The number of esters is 1. The van der Waals surface area contributed by atoms with Gasteiger partial charge in [-0.2, -0.15) is 0 Å². The molecule has 0 N–H and O–H groups in total. The van der Waals surface area contributed by atoms with Crippen molar-refractivity contribution in [3.05, 3.63) is 22.4 Å². The predicted octanol–water partition coefficient (Wildman–Crippen LogP) is 2.72. The molecule has 0 saturated carbocycles. The van der Waals surface area contributed by atoms with Gasteiger partial charge in [0.05, 0.1) is 23.2 Å². The number of ether oxygens (including phenoxy) is 1. The number of nitrogens with zero attached hydrogens (tertiary/aromatic N) is 2. The van der Waals surface area contributed by atoms with E-state index in [0.29, 0.717) is 19.8 Å². The molecule has 1 unspecified atom stereocenters. The Kier molecular flexibility index (Phi) is 3.66. The van der Waals surface area contributed by atoms with Gasteiger partial charge in [0.2, 0.25) is 5.91 Å². The summed E-state index contributed by atoms with van der Waals surface area (Å²) in [5, 5.41) is 0.465. The van der Waals surface area contributed by atoms with E-state index in [1.165, 1.54) is 35.5 Å². The van der Waals surface area contributed by atoms with E-state index >= 15 is 0 Å². The van der Waals surface area contributed by atoms with E-state index in [4.69, 9.17) is 0 Å². The quantitative estimate of drug-likeness (QED) is 0.760. The van der Waals surface area contributed by atoms with Crippen LogP contribution in [0.5, 0.6) is 0 Å². The normalized spacial score (nSPS) is 18.5. The van der Waals surface area contributed by atoms with Crippen molar-refractivity contribution in [2.45, 2.75) is 6.42 Å². The van der Waals surface area contributed by atoms with E-state index in [9.17, 15) is 14.0 Å². The fraction of sp³-hybridized carbons (Fsp3) is 0.308. The highest BCUT2D eigenvalue weighted by atomic mass is 79.9. The maximum Gasteiger partial charge on any atom is 0.311 e. The lowest BCUT2D eigenvalue weighted by Gasteiger charge is -2.11. The van der Waals surface area contributed by atoms with Gasteiger partial charge in [-0.1, -0.05) is 11.3 Å². The number of benzene rings is 1. The zero-order chi connectivity index (χ0) is 15.1. The number of carbonyl (C=O) groups excluding carboxylic acids is 2. The third-order valence-electron chi connectivity index (χ3n) is 3.29. The standard InChI is InChI=1S/C13H10BrFN2O3S/c1-20-12(19)6-2-10(18)17(5-6)13-16-11-8(14)3-7(15)4-9(11)21-13/h3-4,6H,2,5H2,1H3. The molecular formula is C13H10BrFN2O3S. The van der Waals surface area contributed by atoms with Crippen molar-refractivity contribution >= 4 is 54.5 Å². The number of halogens is 2. The van der Waals surface area contributed by atoms with E-state index in [2.05, 4.69) is 25.7 Å². The summed E-state index contributed by atoms with van der Waals surface area (Å²) in [4.78, 5) is 29.4. The van der Waals surface area contributed by atoms with Gasteiger partial charge in [-0.15, -0.1) is 0 Å². The first-order chi connectivity index (χ1) is 9.99. The van der Waals surface area contributed by atoms with E-state index in [1.807, 2.05) is 0 Å². The molecular weight excluding hydrogens is 363 g/mol. The fourth-order valence-electron chi connectivity index (χ4n) is 2.28. The van der Waals surface area contributed by atoms with Crippen LogP contribution < -0.4 is 4.90 Å². The van der Waals surface area contributed by atoms with Gasteiger partial charge < -0.3 is 4.74 Å². The minimum atomic E-state index is -0.477. The summed E-state index contributed by atoms with van der Waals surface area (Å²) < 4.78 is 19.2. The van der Waals surface area contributed by atoms with Crippen molar-refractivity contribution in [2.24, 2.45) is 5.92 Å². The SMILES string of the molecule is COC(=O)C1CC(=O)N(c2nc3c(Br)cc(F)cc3s2)C1. The number of anilines is 1. The van der Waals surface area contributed by atoms with Crippen LogP contribution in [0.2, 0.25) is 0 Å². The van der Waals surface area contributed by atoms with Crippen LogP contribution in [0, 0.1) is 11.7 Å². The van der Waals surface area contributed by atoms with Gasteiger partial charge in [0.25, 0.3) is 0 Å². The molecule has 1 aliphatic heterocycles. The van der Waals surface area contributed by atoms with E-state index < -0.39 is 11.9 Å². The van der Waals surface area contributed by atoms with E-state index in [1.54, 1.807) is 0 Å². The topological polar surface area (TPSA) is 59.5 Å². The van der Waals surface area contributed by atoms with E-state index in [0.717, 1.165) is 0 Å². The van der Waals surface area contributed by atoms with Crippen molar-refractivity contribution in [1.82, 2.24) is 4.98 Å². The molecule has 0 aliphatic carbocycles. The van der Waals surface area contributed by atoms with Crippen molar-refractivity contribution in [1.29, 1.82) is 0 Å². The molecule has 5 nitrogen and oxygen atoms in total. The maximum atomic E-state index is 13.4. The molecule has 1 aromatic carbocycles. The van der Waals surface area contributed by atoms with Crippen LogP contribution in [0.15, 0.2) is 16.6 Å². The second-order valence-corrected chi connectivity index (χ2v) is 6.52. The van der Waals surface area contributed by atoms with Gasteiger partial charge in [0, 0.05) is 17.4 Å². The summed E-state index contributed by atoms with van der Waals surface area (Å²) in [6.07, 6.45) is 0.109. The van der Waals surface area contributed by atoms with Gasteiger partial charge in [-0.05, 0) is 28.1 Å². The fourth-order valence-corrected chi connectivity index (χ4v) is 3.97. The molecule has 1 atom stereocenters. The first-order valence-electron chi connectivity index (χ1n) is 6.13. The molecule has 1 fully saturated rings. The van der Waals surface area contributed by atoms with E-state index in [-0.39, 0.29) is 24.7 Å². The lowest BCUT2D eigenvalue weighted by Crippen LogP contribution is -2.25. The summed E-state index contributed by atoms with van der Waals surface area (Å²) >= 11 is 4.48. The Labute approximate surface area is 131 Å². The molecule has 2 heterocycles. The minimum Gasteiger partial charge on any atom is -0.469 e. The second-order valence-electron chi connectivity index (χ2n) is 4.66. The molecule has 2 aromatic rings. The molecule has 1 amide bonds. The zero-order valence-corrected chi connectivity index (χ0v) is 13.3. The van der Waals surface area contributed by atoms with Crippen molar-refractivity contribution in [3.8, 4) is 0 Å². The largest absolute Gasteiger partial charge is 0.469 e. The molecule has 0 radical (unpaired) electrons. The highest BCUT2D eigenvalue weighted by molar-refractivity contribution is 9.10. The van der Waals surface area contributed by atoms with Crippen LogP contribution in [0.1, 0.15) is 6.42 Å².